The van der Waals surface area contributed by atoms with Crippen LogP contribution < -0.4 is 5.73 Å². The Labute approximate surface area is 135 Å². The molecule has 1 saturated carbocycles. The van der Waals surface area contributed by atoms with Crippen molar-refractivity contribution in [1.82, 2.24) is 9.80 Å². The van der Waals surface area contributed by atoms with E-state index in [0.717, 1.165) is 32.0 Å². The molecule has 3 rings (SSSR count). The number of nitrogens with zero attached hydrogens (tertiary/aromatic N) is 2. The Morgan fingerprint density at radius 1 is 0.955 bits per heavy atom. The summed E-state index contributed by atoms with van der Waals surface area (Å²) < 4.78 is 0. The van der Waals surface area contributed by atoms with Crippen LogP contribution in [-0.2, 0) is 4.79 Å². The average Bonchev–Trinajstić information content (AvgIpc) is 3.10. The summed E-state index contributed by atoms with van der Waals surface area (Å²) in [5.74, 6) is 0.368. The van der Waals surface area contributed by atoms with Crippen LogP contribution in [0.3, 0.4) is 0 Å². The number of rotatable bonds is 4. The van der Waals surface area contributed by atoms with E-state index < -0.39 is 0 Å². The molecule has 3 aliphatic rings. The smallest absolute Gasteiger partial charge is 0.223 e. The Morgan fingerprint density at radius 3 is 2.18 bits per heavy atom. The minimum atomic E-state index is 0.112. The molecule has 2 N–H and O–H groups in total. The summed E-state index contributed by atoms with van der Waals surface area (Å²) in [6.45, 7) is 5.15. The minimum Gasteiger partial charge on any atom is -0.343 e. The van der Waals surface area contributed by atoms with Gasteiger partial charge in [0.25, 0.3) is 0 Å². The van der Waals surface area contributed by atoms with Gasteiger partial charge in [0.05, 0.1) is 0 Å². The summed E-state index contributed by atoms with van der Waals surface area (Å²) in [5, 5.41) is 0. The highest BCUT2D eigenvalue weighted by Crippen LogP contribution is 2.39. The number of piperidine rings is 1. The van der Waals surface area contributed by atoms with E-state index in [1.54, 1.807) is 0 Å². The second kappa shape index (κ2) is 7.31. The van der Waals surface area contributed by atoms with E-state index in [0.29, 0.717) is 18.9 Å². The number of amides is 1. The molecule has 126 valence electrons. The van der Waals surface area contributed by atoms with E-state index >= 15 is 0 Å². The summed E-state index contributed by atoms with van der Waals surface area (Å²) in [6, 6.07) is 0.727. The zero-order chi connectivity index (χ0) is 15.4. The number of likely N-dealkylation sites (tertiary alicyclic amines) is 2. The van der Waals surface area contributed by atoms with Gasteiger partial charge >= 0.3 is 0 Å². The number of hydrogen-bond acceptors (Lipinski definition) is 3. The molecule has 0 bridgehead atoms. The lowest BCUT2D eigenvalue weighted by atomic mass is 9.71. The summed E-state index contributed by atoms with van der Waals surface area (Å²) >= 11 is 0. The number of nitrogens with two attached hydrogens (primary N) is 1. The number of carbonyl (C=O) groups excluding carboxylic acids is 1. The third kappa shape index (κ3) is 3.65. The minimum absolute atomic E-state index is 0.112. The van der Waals surface area contributed by atoms with Gasteiger partial charge in [-0.05, 0) is 63.6 Å². The van der Waals surface area contributed by atoms with E-state index in [1.807, 2.05) is 0 Å². The maximum atomic E-state index is 12.7. The van der Waals surface area contributed by atoms with Crippen molar-refractivity contribution in [3.8, 4) is 0 Å². The summed E-state index contributed by atoms with van der Waals surface area (Å²) in [4.78, 5) is 17.5. The van der Waals surface area contributed by atoms with Gasteiger partial charge in [-0.25, -0.2) is 0 Å². The molecule has 1 amide bonds. The molecule has 0 atom stereocenters. The molecular weight excluding hydrogens is 274 g/mol. The second-order valence-corrected chi connectivity index (χ2v) is 7.80. The number of carbonyl (C=O) groups is 1. The van der Waals surface area contributed by atoms with Crippen molar-refractivity contribution < 1.29 is 4.79 Å². The molecule has 2 aliphatic heterocycles. The fraction of sp³-hybridized carbons (Fsp3) is 0.944. The van der Waals surface area contributed by atoms with Crippen LogP contribution in [0.4, 0.5) is 0 Å². The van der Waals surface area contributed by atoms with E-state index in [1.165, 1.54) is 58.0 Å². The Balaban J connectivity index is 1.48. The Hall–Kier alpha value is -0.610. The van der Waals surface area contributed by atoms with Crippen molar-refractivity contribution in [3.63, 3.8) is 0 Å². The van der Waals surface area contributed by atoms with E-state index in [4.69, 9.17) is 5.73 Å². The van der Waals surface area contributed by atoms with Crippen molar-refractivity contribution in [1.29, 1.82) is 0 Å². The van der Waals surface area contributed by atoms with Gasteiger partial charge in [0.1, 0.15) is 0 Å². The Morgan fingerprint density at radius 2 is 1.59 bits per heavy atom. The van der Waals surface area contributed by atoms with E-state index in [9.17, 15) is 4.79 Å². The first-order valence-corrected chi connectivity index (χ1v) is 9.44. The highest BCUT2D eigenvalue weighted by atomic mass is 16.2. The molecule has 2 heterocycles. The van der Waals surface area contributed by atoms with Crippen LogP contribution in [-0.4, -0.2) is 54.5 Å². The molecule has 2 saturated heterocycles. The summed E-state index contributed by atoms with van der Waals surface area (Å²) in [5.41, 5.74) is 6.16. The SMILES string of the molecule is NCC1(CC(=O)N2CCC(N3CCCC3)CC2)CCCCC1. The van der Waals surface area contributed by atoms with Gasteiger partial charge in [0, 0.05) is 25.6 Å². The fourth-order valence-electron chi connectivity index (χ4n) is 4.77. The molecule has 1 aliphatic carbocycles. The van der Waals surface area contributed by atoms with Gasteiger partial charge < -0.3 is 15.5 Å². The van der Waals surface area contributed by atoms with Crippen LogP contribution in [0.2, 0.25) is 0 Å². The molecule has 22 heavy (non-hydrogen) atoms. The van der Waals surface area contributed by atoms with Gasteiger partial charge in [-0.2, -0.15) is 0 Å². The highest BCUT2D eigenvalue weighted by Gasteiger charge is 2.35. The summed E-state index contributed by atoms with van der Waals surface area (Å²) in [6.07, 6.45) is 11.9. The Kier molecular flexibility index (Phi) is 5.40. The molecule has 0 spiro atoms. The normalized spacial score (nSPS) is 27.2. The highest BCUT2D eigenvalue weighted by molar-refractivity contribution is 5.77. The van der Waals surface area contributed by atoms with Crippen LogP contribution in [0.15, 0.2) is 0 Å². The first-order valence-electron chi connectivity index (χ1n) is 9.44. The van der Waals surface area contributed by atoms with Crippen molar-refractivity contribution >= 4 is 5.91 Å². The molecule has 0 unspecified atom stereocenters. The van der Waals surface area contributed by atoms with Gasteiger partial charge in [-0.15, -0.1) is 0 Å². The Bertz CT molecular complexity index is 365. The maximum absolute atomic E-state index is 12.7. The molecule has 4 heteroatoms. The van der Waals surface area contributed by atoms with E-state index in [2.05, 4.69) is 9.80 Å². The van der Waals surface area contributed by atoms with Crippen LogP contribution >= 0.6 is 0 Å². The van der Waals surface area contributed by atoms with E-state index in [-0.39, 0.29) is 5.41 Å². The lowest BCUT2D eigenvalue weighted by molar-refractivity contribution is -0.135. The topological polar surface area (TPSA) is 49.6 Å². The van der Waals surface area contributed by atoms with Gasteiger partial charge in [-0.3, -0.25) is 4.79 Å². The lowest BCUT2D eigenvalue weighted by Crippen LogP contribution is -2.47. The summed E-state index contributed by atoms with van der Waals surface area (Å²) in [7, 11) is 0. The molecule has 4 nitrogen and oxygen atoms in total. The molecule has 0 aromatic carbocycles. The molecule has 0 aromatic heterocycles. The fourth-order valence-corrected chi connectivity index (χ4v) is 4.77. The zero-order valence-corrected chi connectivity index (χ0v) is 14.1. The first kappa shape index (κ1) is 16.3. The van der Waals surface area contributed by atoms with Crippen LogP contribution in [0.25, 0.3) is 0 Å². The van der Waals surface area contributed by atoms with Crippen molar-refractivity contribution in [3.05, 3.63) is 0 Å². The number of hydrogen-bond donors (Lipinski definition) is 1. The molecular formula is C18H33N3O. The largest absolute Gasteiger partial charge is 0.343 e. The van der Waals surface area contributed by atoms with Crippen LogP contribution in [0.5, 0.6) is 0 Å². The standard InChI is InChI=1S/C18H33N3O/c19-15-18(8-2-1-3-9-18)14-17(22)21-12-6-16(7-13-21)20-10-4-5-11-20/h16H,1-15,19H2. The van der Waals surface area contributed by atoms with Crippen LogP contribution in [0, 0.1) is 5.41 Å². The molecule has 0 radical (unpaired) electrons. The van der Waals surface area contributed by atoms with Gasteiger partial charge in [0.2, 0.25) is 5.91 Å². The second-order valence-electron chi connectivity index (χ2n) is 7.80. The van der Waals surface area contributed by atoms with Gasteiger partial charge in [0.15, 0.2) is 0 Å². The predicted octanol–water partition coefficient (Wildman–Crippen LogP) is 2.37. The lowest BCUT2D eigenvalue weighted by Gasteiger charge is -2.40. The molecule has 3 fully saturated rings. The predicted molar refractivity (Wildman–Crippen MR) is 89.6 cm³/mol. The van der Waals surface area contributed by atoms with Crippen molar-refractivity contribution in [2.45, 2.75) is 70.3 Å². The third-order valence-electron chi connectivity index (χ3n) is 6.35. The van der Waals surface area contributed by atoms with Crippen molar-refractivity contribution in [2.75, 3.05) is 32.7 Å². The third-order valence-corrected chi connectivity index (χ3v) is 6.35. The molecule has 0 aromatic rings. The van der Waals surface area contributed by atoms with Crippen LogP contribution in [0.1, 0.15) is 64.2 Å². The monoisotopic (exact) mass is 307 g/mol. The van der Waals surface area contributed by atoms with Gasteiger partial charge in [-0.1, -0.05) is 19.3 Å². The average molecular weight is 307 g/mol. The first-order chi connectivity index (χ1) is 10.7. The zero-order valence-electron chi connectivity index (χ0n) is 14.1. The quantitative estimate of drug-likeness (QED) is 0.867. The van der Waals surface area contributed by atoms with Crippen molar-refractivity contribution in [2.24, 2.45) is 11.1 Å². The maximum Gasteiger partial charge on any atom is 0.223 e.